The lowest BCUT2D eigenvalue weighted by atomic mass is 10.1. The van der Waals surface area contributed by atoms with Crippen LogP contribution in [0.4, 0.5) is 5.82 Å². The molecule has 1 amide bonds. The van der Waals surface area contributed by atoms with E-state index in [0.29, 0.717) is 5.69 Å². The van der Waals surface area contributed by atoms with Crippen molar-refractivity contribution < 1.29 is 4.79 Å². The van der Waals surface area contributed by atoms with E-state index in [1.165, 1.54) is 0 Å². The number of carbonyl (C=O) groups is 1. The zero-order valence-corrected chi connectivity index (χ0v) is 13.5. The van der Waals surface area contributed by atoms with Crippen LogP contribution in [0.25, 0.3) is 5.65 Å². The van der Waals surface area contributed by atoms with Gasteiger partial charge in [0.15, 0.2) is 5.65 Å². The molecule has 1 N–H and O–H groups in total. The number of imidazole rings is 1. The number of amides is 1. The average Bonchev–Trinajstić information content (AvgIpc) is 3.23. The van der Waals surface area contributed by atoms with Crippen molar-refractivity contribution in [3.63, 3.8) is 0 Å². The number of aryl methyl sites for hydroxylation is 1. The number of hydrogen-bond acceptors (Lipinski definition) is 5. The van der Waals surface area contributed by atoms with Crippen LogP contribution in [-0.2, 0) is 7.05 Å². The molecule has 1 saturated heterocycles. The monoisotopic (exact) mass is 325 g/mol. The molecule has 0 radical (unpaired) electrons. The first-order valence-electron chi connectivity index (χ1n) is 8.03. The van der Waals surface area contributed by atoms with E-state index in [4.69, 9.17) is 0 Å². The lowest BCUT2D eigenvalue weighted by Crippen LogP contribution is -2.48. The second kappa shape index (κ2) is 5.95. The molecular formula is C16H19N7O. The molecular weight excluding hydrogens is 306 g/mol. The highest BCUT2D eigenvalue weighted by molar-refractivity contribution is 5.92. The second-order valence-electron chi connectivity index (χ2n) is 6.10. The first kappa shape index (κ1) is 14.7. The zero-order valence-electron chi connectivity index (χ0n) is 13.5. The third-order valence-corrected chi connectivity index (χ3v) is 4.26. The number of aromatic nitrogens is 5. The van der Waals surface area contributed by atoms with Crippen molar-refractivity contribution in [3.05, 3.63) is 42.7 Å². The average molecular weight is 325 g/mol. The zero-order chi connectivity index (χ0) is 16.5. The topological polar surface area (TPSA) is 80.4 Å². The van der Waals surface area contributed by atoms with Gasteiger partial charge in [0.2, 0.25) is 0 Å². The van der Waals surface area contributed by atoms with Gasteiger partial charge in [-0.1, -0.05) is 0 Å². The summed E-state index contributed by atoms with van der Waals surface area (Å²) < 4.78 is 3.51. The molecule has 3 aromatic rings. The van der Waals surface area contributed by atoms with E-state index in [1.54, 1.807) is 27.8 Å². The fraction of sp³-hybridized carbons (Fsp3) is 0.375. The minimum absolute atomic E-state index is 0.0937. The predicted molar refractivity (Wildman–Crippen MR) is 88.9 cm³/mol. The van der Waals surface area contributed by atoms with Crippen molar-refractivity contribution in [1.29, 1.82) is 0 Å². The number of nitrogens with zero attached hydrogens (tertiary/aromatic N) is 6. The van der Waals surface area contributed by atoms with E-state index in [1.807, 2.05) is 25.4 Å². The van der Waals surface area contributed by atoms with Gasteiger partial charge in [0, 0.05) is 44.6 Å². The summed E-state index contributed by atoms with van der Waals surface area (Å²) in [5.74, 6) is 0.793. The van der Waals surface area contributed by atoms with Gasteiger partial charge in [-0.2, -0.15) is 5.10 Å². The van der Waals surface area contributed by atoms with Crippen LogP contribution in [0.1, 0.15) is 23.3 Å². The summed E-state index contributed by atoms with van der Waals surface area (Å²) in [6.45, 7) is 1.68. The molecule has 8 nitrogen and oxygen atoms in total. The Balaban J connectivity index is 1.46. The van der Waals surface area contributed by atoms with Gasteiger partial charge < -0.3 is 14.8 Å². The fourth-order valence-corrected chi connectivity index (χ4v) is 3.07. The van der Waals surface area contributed by atoms with Gasteiger partial charge in [0.25, 0.3) is 5.91 Å². The number of hydrogen-bond donors (Lipinski definition) is 1. The first-order valence-corrected chi connectivity index (χ1v) is 8.03. The molecule has 0 saturated carbocycles. The Bertz CT molecular complexity index is 868. The highest BCUT2D eigenvalue weighted by atomic mass is 16.2. The largest absolute Gasteiger partial charge is 0.354 e. The van der Waals surface area contributed by atoms with Crippen LogP contribution in [0.2, 0.25) is 0 Å². The molecule has 1 aliphatic heterocycles. The van der Waals surface area contributed by atoms with Crippen molar-refractivity contribution >= 4 is 17.4 Å². The molecule has 124 valence electrons. The SMILES string of the molecule is Cn1cnc(C(=O)NC2CCCN(c3ccn4nccc4n3)C2)c1. The maximum absolute atomic E-state index is 12.3. The van der Waals surface area contributed by atoms with Gasteiger partial charge in [-0.15, -0.1) is 0 Å². The molecule has 1 atom stereocenters. The highest BCUT2D eigenvalue weighted by Crippen LogP contribution is 2.18. The maximum atomic E-state index is 12.3. The molecule has 0 aromatic carbocycles. The Morgan fingerprint density at radius 1 is 1.38 bits per heavy atom. The normalized spacial score (nSPS) is 18.0. The van der Waals surface area contributed by atoms with Gasteiger partial charge in [0.1, 0.15) is 11.5 Å². The smallest absolute Gasteiger partial charge is 0.271 e. The molecule has 1 unspecified atom stereocenters. The minimum atomic E-state index is -0.123. The Morgan fingerprint density at radius 3 is 3.12 bits per heavy atom. The van der Waals surface area contributed by atoms with Gasteiger partial charge >= 0.3 is 0 Å². The van der Waals surface area contributed by atoms with Gasteiger partial charge in [-0.25, -0.2) is 14.5 Å². The number of anilines is 1. The number of piperidine rings is 1. The van der Waals surface area contributed by atoms with E-state index in [9.17, 15) is 4.79 Å². The molecule has 4 rings (SSSR count). The number of carbonyl (C=O) groups excluding carboxylic acids is 1. The lowest BCUT2D eigenvalue weighted by Gasteiger charge is -2.33. The number of rotatable bonds is 3. The molecule has 3 aromatic heterocycles. The Morgan fingerprint density at radius 2 is 2.29 bits per heavy atom. The van der Waals surface area contributed by atoms with Crippen molar-refractivity contribution in [2.45, 2.75) is 18.9 Å². The van der Waals surface area contributed by atoms with E-state index in [2.05, 4.69) is 25.3 Å². The number of fused-ring (bicyclic) bond motifs is 1. The molecule has 4 heterocycles. The van der Waals surface area contributed by atoms with Crippen molar-refractivity contribution in [2.75, 3.05) is 18.0 Å². The van der Waals surface area contributed by atoms with E-state index < -0.39 is 0 Å². The van der Waals surface area contributed by atoms with Crippen LogP contribution in [0, 0.1) is 0 Å². The first-order chi connectivity index (χ1) is 11.7. The summed E-state index contributed by atoms with van der Waals surface area (Å²) in [7, 11) is 1.85. The summed E-state index contributed by atoms with van der Waals surface area (Å²) >= 11 is 0. The van der Waals surface area contributed by atoms with Crippen molar-refractivity contribution in [1.82, 2.24) is 29.5 Å². The summed E-state index contributed by atoms with van der Waals surface area (Å²) in [5.41, 5.74) is 1.28. The Labute approximate surface area is 139 Å². The molecule has 0 aliphatic carbocycles. The van der Waals surface area contributed by atoms with Gasteiger partial charge in [-0.3, -0.25) is 4.79 Å². The molecule has 1 fully saturated rings. The fourth-order valence-electron chi connectivity index (χ4n) is 3.07. The summed E-state index contributed by atoms with van der Waals surface area (Å²) in [5, 5.41) is 7.24. The molecule has 24 heavy (non-hydrogen) atoms. The molecule has 0 spiro atoms. The van der Waals surface area contributed by atoms with Crippen LogP contribution in [0.3, 0.4) is 0 Å². The Hall–Kier alpha value is -2.90. The number of nitrogens with one attached hydrogen (secondary N) is 1. The summed E-state index contributed by atoms with van der Waals surface area (Å²) in [6.07, 6.45) is 8.98. The summed E-state index contributed by atoms with van der Waals surface area (Å²) in [6, 6.07) is 3.94. The van der Waals surface area contributed by atoms with E-state index in [0.717, 1.165) is 37.4 Å². The van der Waals surface area contributed by atoms with Gasteiger partial charge in [0.05, 0.1) is 12.5 Å². The van der Waals surface area contributed by atoms with Crippen LogP contribution in [0.15, 0.2) is 37.1 Å². The molecule has 1 aliphatic rings. The molecule has 0 bridgehead atoms. The molecule has 8 heteroatoms. The van der Waals surface area contributed by atoms with Crippen LogP contribution >= 0.6 is 0 Å². The van der Waals surface area contributed by atoms with Crippen molar-refractivity contribution in [2.24, 2.45) is 7.05 Å². The van der Waals surface area contributed by atoms with Gasteiger partial charge in [-0.05, 0) is 18.9 Å². The third kappa shape index (κ3) is 2.82. The summed E-state index contributed by atoms with van der Waals surface area (Å²) in [4.78, 5) is 23.2. The van der Waals surface area contributed by atoms with E-state index in [-0.39, 0.29) is 11.9 Å². The predicted octanol–water partition coefficient (Wildman–Crippen LogP) is 0.862. The maximum Gasteiger partial charge on any atom is 0.271 e. The second-order valence-corrected chi connectivity index (χ2v) is 6.10. The highest BCUT2D eigenvalue weighted by Gasteiger charge is 2.23. The van der Waals surface area contributed by atoms with Crippen molar-refractivity contribution in [3.8, 4) is 0 Å². The lowest BCUT2D eigenvalue weighted by molar-refractivity contribution is 0.0928. The van der Waals surface area contributed by atoms with Crippen LogP contribution < -0.4 is 10.2 Å². The quantitative estimate of drug-likeness (QED) is 0.772. The third-order valence-electron chi connectivity index (χ3n) is 4.26. The Kier molecular flexibility index (Phi) is 3.64. The van der Waals surface area contributed by atoms with E-state index >= 15 is 0 Å². The van der Waals surface area contributed by atoms with Crippen LogP contribution in [-0.4, -0.2) is 49.2 Å². The standard InChI is InChI=1S/C16H19N7O/c1-21-10-13(17-11-21)16(24)19-12-3-2-7-22(9-12)14-5-8-23-15(20-14)4-6-18-23/h4-6,8,10-12H,2-3,7,9H2,1H3,(H,19,24). The van der Waals surface area contributed by atoms with Crippen LogP contribution in [0.5, 0.6) is 0 Å². The minimum Gasteiger partial charge on any atom is -0.354 e.